The Labute approximate surface area is 157 Å². The first-order chi connectivity index (χ1) is 12.9. The average Bonchev–Trinajstić information content (AvgIpc) is 2.62. The first-order valence-electron chi connectivity index (χ1n) is 8.83. The fourth-order valence-electron chi connectivity index (χ4n) is 3.01. The number of non-ortho nitro benzene ring substituents is 1. The molecule has 3 rings (SSSR count). The van der Waals surface area contributed by atoms with E-state index in [4.69, 9.17) is 9.47 Å². The number of anilines is 1. The molecule has 1 heterocycles. The van der Waals surface area contributed by atoms with Crippen LogP contribution in [0, 0.1) is 23.0 Å². The van der Waals surface area contributed by atoms with E-state index in [1.54, 1.807) is 11.0 Å². The van der Waals surface area contributed by atoms with Gasteiger partial charge in [0.25, 0.3) is 11.6 Å². The molecule has 1 unspecified atom stereocenters. The normalized spacial score (nSPS) is 16.1. The molecule has 0 bridgehead atoms. The van der Waals surface area contributed by atoms with Crippen molar-refractivity contribution in [1.82, 2.24) is 0 Å². The highest BCUT2D eigenvalue weighted by molar-refractivity contribution is 6.00. The minimum Gasteiger partial charge on any atom is -0.492 e. The third-order valence-electron chi connectivity index (χ3n) is 4.39. The Morgan fingerprint density at radius 3 is 2.70 bits per heavy atom. The standard InChI is InChI=1S/C20H22N2O5/c1-13(2)19-20(23)21(9-10-26-16-6-4-5-14(3)11-16)17-8-7-15(22(24)25)12-18(17)27-19/h4-8,11-13,19H,9-10H2,1-3H3. The Bertz CT molecular complexity index is 865. The monoisotopic (exact) mass is 370 g/mol. The Morgan fingerprint density at radius 2 is 2.04 bits per heavy atom. The second-order valence-corrected chi connectivity index (χ2v) is 6.85. The van der Waals surface area contributed by atoms with Crippen molar-refractivity contribution in [1.29, 1.82) is 0 Å². The molecule has 0 fully saturated rings. The number of aryl methyl sites for hydroxylation is 1. The lowest BCUT2D eigenvalue weighted by Crippen LogP contribution is -2.49. The summed E-state index contributed by atoms with van der Waals surface area (Å²) in [6, 6.07) is 12.0. The highest BCUT2D eigenvalue weighted by Gasteiger charge is 2.37. The first kappa shape index (κ1) is 18.7. The number of amides is 1. The van der Waals surface area contributed by atoms with Gasteiger partial charge in [0.2, 0.25) is 0 Å². The topological polar surface area (TPSA) is 81.9 Å². The van der Waals surface area contributed by atoms with Crippen molar-refractivity contribution in [2.75, 3.05) is 18.1 Å². The Kier molecular flexibility index (Phi) is 5.30. The maximum Gasteiger partial charge on any atom is 0.273 e. The molecule has 0 radical (unpaired) electrons. The molecule has 1 atom stereocenters. The lowest BCUT2D eigenvalue weighted by Gasteiger charge is -2.35. The number of hydrogen-bond donors (Lipinski definition) is 0. The summed E-state index contributed by atoms with van der Waals surface area (Å²) in [5.74, 6) is 0.849. The van der Waals surface area contributed by atoms with Gasteiger partial charge >= 0.3 is 0 Å². The smallest absolute Gasteiger partial charge is 0.273 e. The molecule has 0 aromatic heterocycles. The summed E-state index contributed by atoms with van der Waals surface area (Å²) in [6.45, 7) is 6.37. The number of nitro benzene ring substituents is 1. The Hall–Kier alpha value is -3.09. The second kappa shape index (κ2) is 7.65. The molecule has 1 aliphatic rings. The summed E-state index contributed by atoms with van der Waals surface area (Å²) in [4.78, 5) is 25.0. The molecule has 2 aromatic rings. The van der Waals surface area contributed by atoms with Crippen LogP contribution in [0.2, 0.25) is 0 Å². The SMILES string of the molecule is Cc1cccc(OCCN2C(=O)C(C(C)C)Oc3cc([N+](=O)[O-])ccc32)c1. The van der Waals surface area contributed by atoms with Gasteiger partial charge in [0.15, 0.2) is 11.9 Å². The second-order valence-electron chi connectivity index (χ2n) is 6.85. The van der Waals surface area contributed by atoms with Crippen LogP contribution in [-0.2, 0) is 4.79 Å². The largest absolute Gasteiger partial charge is 0.492 e. The summed E-state index contributed by atoms with van der Waals surface area (Å²) in [6.07, 6.45) is -0.682. The van der Waals surface area contributed by atoms with Crippen molar-refractivity contribution in [2.45, 2.75) is 26.9 Å². The van der Waals surface area contributed by atoms with Crippen LogP contribution in [0.25, 0.3) is 0 Å². The third-order valence-corrected chi connectivity index (χ3v) is 4.39. The van der Waals surface area contributed by atoms with Gasteiger partial charge in [-0.2, -0.15) is 0 Å². The van der Waals surface area contributed by atoms with Crippen molar-refractivity contribution >= 4 is 17.3 Å². The third kappa shape index (κ3) is 4.02. The van der Waals surface area contributed by atoms with Crippen LogP contribution in [0.15, 0.2) is 42.5 Å². The van der Waals surface area contributed by atoms with Crippen LogP contribution < -0.4 is 14.4 Å². The fourth-order valence-corrected chi connectivity index (χ4v) is 3.01. The van der Waals surface area contributed by atoms with E-state index in [0.29, 0.717) is 24.6 Å². The van der Waals surface area contributed by atoms with Gasteiger partial charge in [-0.3, -0.25) is 14.9 Å². The van der Waals surface area contributed by atoms with Crippen molar-refractivity contribution in [3.63, 3.8) is 0 Å². The minimum absolute atomic E-state index is 0.0647. The lowest BCUT2D eigenvalue weighted by atomic mass is 10.0. The molecular weight excluding hydrogens is 348 g/mol. The maximum absolute atomic E-state index is 12.9. The number of nitrogens with zero attached hydrogens (tertiary/aromatic N) is 2. The van der Waals surface area contributed by atoms with Gasteiger partial charge in [0.1, 0.15) is 12.4 Å². The number of nitro groups is 1. The van der Waals surface area contributed by atoms with Gasteiger partial charge in [-0.25, -0.2) is 0 Å². The summed E-state index contributed by atoms with van der Waals surface area (Å²) in [5, 5.41) is 11.1. The van der Waals surface area contributed by atoms with E-state index >= 15 is 0 Å². The van der Waals surface area contributed by atoms with E-state index in [2.05, 4.69) is 0 Å². The number of hydrogen-bond acceptors (Lipinski definition) is 5. The molecule has 0 saturated carbocycles. The number of rotatable bonds is 6. The summed E-state index contributed by atoms with van der Waals surface area (Å²) < 4.78 is 11.5. The Balaban J connectivity index is 1.82. The molecule has 7 nitrogen and oxygen atoms in total. The molecule has 0 spiro atoms. The zero-order valence-corrected chi connectivity index (χ0v) is 15.5. The van der Waals surface area contributed by atoms with E-state index in [9.17, 15) is 14.9 Å². The quantitative estimate of drug-likeness (QED) is 0.572. The predicted octanol–water partition coefficient (Wildman–Crippen LogP) is 3.73. The minimum atomic E-state index is -0.682. The van der Waals surface area contributed by atoms with Gasteiger partial charge in [0, 0.05) is 6.07 Å². The lowest BCUT2D eigenvalue weighted by molar-refractivity contribution is -0.384. The van der Waals surface area contributed by atoms with E-state index in [0.717, 1.165) is 11.3 Å². The molecular formula is C20H22N2O5. The van der Waals surface area contributed by atoms with Gasteiger partial charge in [-0.15, -0.1) is 0 Å². The summed E-state index contributed by atoms with van der Waals surface area (Å²) >= 11 is 0. The van der Waals surface area contributed by atoms with Crippen LogP contribution in [-0.4, -0.2) is 30.1 Å². The number of fused-ring (bicyclic) bond motifs is 1. The molecule has 142 valence electrons. The van der Waals surface area contributed by atoms with Crippen molar-refractivity contribution in [3.05, 3.63) is 58.1 Å². The van der Waals surface area contributed by atoms with Crippen LogP contribution in [0.1, 0.15) is 19.4 Å². The Morgan fingerprint density at radius 1 is 1.26 bits per heavy atom. The van der Waals surface area contributed by atoms with Crippen LogP contribution in [0.3, 0.4) is 0 Å². The molecule has 7 heteroatoms. The van der Waals surface area contributed by atoms with Crippen LogP contribution in [0.5, 0.6) is 11.5 Å². The molecule has 0 aliphatic carbocycles. The van der Waals surface area contributed by atoms with Gasteiger partial charge in [0.05, 0.1) is 23.2 Å². The molecule has 0 saturated heterocycles. The molecule has 27 heavy (non-hydrogen) atoms. The molecule has 1 aliphatic heterocycles. The van der Waals surface area contributed by atoms with E-state index in [1.807, 2.05) is 45.0 Å². The molecule has 1 amide bonds. The van der Waals surface area contributed by atoms with E-state index in [-0.39, 0.29) is 17.5 Å². The van der Waals surface area contributed by atoms with Crippen molar-refractivity contribution in [2.24, 2.45) is 5.92 Å². The highest BCUT2D eigenvalue weighted by atomic mass is 16.6. The molecule has 0 N–H and O–H groups in total. The number of carbonyl (C=O) groups is 1. The zero-order chi connectivity index (χ0) is 19.6. The van der Waals surface area contributed by atoms with Gasteiger partial charge in [-0.1, -0.05) is 26.0 Å². The van der Waals surface area contributed by atoms with E-state index in [1.165, 1.54) is 12.1 Å². The van der Waals surface area contributed by atoms with Crippen LogP contribution >= 0.6 is 0 Å². The molecule has 2 aromatic carbocycles. The average molecular weight is 370 g/mol. The summed E-state index contributed by atoms with van der Waals surface area (Å²) in [5.41, 5.74) is 1.55. The number of benzene rings is 2. The van der Waals surface area contributed by atoms with Crippen molar-refractivity contribution < 1.29 is 19.2 Å². The zero-order valence-electron chi connectivity index (χ0n) is 15.5. The van der Waals surface area contributed by atoms with E-state index < -0.39 is 11.0 Å². The first-order valence-corrected chi connectivity index (χ1v) is 8.83. The van der Waals surface area contributed by atoms with Crippen LogP contribution in [0.4, 0.5) is 11.4 Å². The summed E-state index contributed by atoms with van der Waals surface area (Å²) in [7, 11) is 0. The van der Waals surface area contributed by atoms with Crippen molar-refractivity contribution in [3.8, 4) is 11.5 Å². The number of carbonyl (C=O) groups excluding carboxylic acids is 1. The van der Waals surface area contributed by atoms with Gasteiger partial charge < -0.3 is 14.4 Å². The maximum atomic E-state index is 12.9. The highest BCUT2D eigenvalue weighted by Crippen LogP contribution is 2.38. The fraction of sp³-hybridized carbons (Fsp3) is 0.350. The predicted molar refractivity (Wildman–Crippen MR) is 101 cm³/mol. The van der Waals surface area contributed by atoms with Gasteiger partial charge in [-0.05, 0) is 36.6 Å². The number of ether oxygens (including phenoxy) is 2.